The molecule has 0 aliphatic carbocycles. The Bertz CT molecular complexity index is 545. The van der Waals surface area contributed by atoms with Crippen LogP contribution in [0, 0.1) is 5.82 Å². The molecule has 1 aromatic rings. The lowest BCUT2D eigenvalue weighted by Gasteiger charge is -2.18. The molecule has 1 unspecified atom stereocenters. The molecular weight excluding hydrogens is 275 g/mol. The second-order valence-electron chi connectivity index (χ2n) is 4.94. The fourth-order valence-electron chi connectivity index (χ4n) is 1.22. The third-order valence-electron chi connectivity index (χ3n) is 2.53. The van der Waals surface area contributed by atoms with Gasteiger partial charge >= 0.3 is 0 Å². The second-order valence-corrected chi connectivity index (χ2v) is 9.37. The maximum Gasteiger partial charge on any atom is 0.156 e. The molecule has 0 N–H and O–H groups in total. The van der Waals surface area contributed by atoms with Crippen molar-refractivity contribution in [2.45, 2.75) is 30.4 Å². The van der Waals surface area contributed by atoms with E-state index >= 15 is 0 Å². The Morgan fingerprint density at radius 2 is 1.89 bits per heavy atom. The number of rotatable bonds is 4. The summed E-state index contributed by atoms with van der Waals surface area (Å²) in [4.78, 5) is 0.319. The lowest BCUT2D eigenvalue weighted by molar-refractivity contribution is 0.561. The normalized spacial score (nSPS) is 14.4. The first-order chi connectivity index (χ1) is 8.13. The molecule has 6 heteroatoms. The van der Waals surface area contributed by atoms with Gasteiger partial charge in [-0.05, 0) is 39.0 Å². The van der Waals surface area contributed by atoms with Gasteiger partial charge < -0.3 is 0 Å². The molecule has 0 saturated heterocycles. The Balaban J connectivity index is 2.74. The molecular formula is C12H17FO3S2. The summed E-state index contributed by atoms with van der Waals surface area (Å²) < 4.78 is 47.6. The van der Waals surface area contributed by atoms with Crippen molar-refractivity contribution < 1.29 is 17.0 Å². The van der Waals surface area contributed by atoms with Gasteiger partial charge in [0.05, 0.1) is 21.3 Å². The van der Waals surface area contributed by atoms with Crippen molar-refractivity contribution in [1.29, 1.82) is 0 Å². The van der Waals surface area contributed by atoms with E-state index in [9.17, 15) is 17.0 Å². The monoisotopic (exact) mass is 292 g/mol. The molecule has 0 fully saturated rings. The molecule has 0 aromatic heterocycles. The third-order valence-corrected chi connectivity index (χ3v) is 6.75. The van der Waals surface area contributed by atoms with Crippen molar-refractivity contribution in [2.75, 3.05) is 11.5 Å². The molecule has 1 atom stereocenters. The standard InChI is InChI=1S/C12H17FO3S2/c1-12(2,3)18(15,16)8-7-17(14)11-6-4-5-10(13)9-11/h4-6,9H,7-8H2,1-3H3. The molecule has 18 heavy (non-hydrogen) atoms. The Morgan fingerprint density at radius 3 is 2.39 bits per heavy atom. The molecule has 0 spiro atoms. The van der Waals surface area contributed by atoms with Crippen LogP contribution in [0.25, 0.3) is 0 Å². The van der Waals surface area contributed by atoms with Crippen LogP contribution in [0.1, 0.15) is 20.8 Å². The summed E-state index contributed by atoms with van der Waals surface area (Å²) in [5.74, 6) is -0.651. The van der Waals surface area contributed by atoms with Crippen LogP contribution in [0.2, 0.25) is 0 Å². The van der Waals surface area contributed by atoms with E-state index in [0.29, 0.717) is 4.90 Å². The molecule has 0 heterocycles. The zero-order chi connectivity index (χ0) is 14.0. The smallest absolute Gasteiger partial charge is 0.156 e. The SMILES string of the molecule is CC(C)(C)S(=O)(=O)CCS(=O)c1cccc(F)c1. The van der Waals surface area contributed by atoms with E-state index in [2.05, 4.69) is 0 Å². The van der Waals surface area contributed by atoms with Gasteiger partial charge in [-0.3, -0.25) is 4.21 Å². The van der Waals surface area contributed by atoms with Gasteiger partial charge in [-0.15, -0.1) is 0 Å². The van der Waals surface area contributed by atoms with Crippen LogP contribution in [0.5, 0.6) is 0 Å². The second kappa shape index (κ2) is 5.48. The maximum atomic E-state index is 12.9. The fourth-order valence-corrected chi connectivity index (χ4v) is 4.02. The van der Waals surface area contributed by atoms with Crippen molar-refractivity contribution in [3.63, 3.8) is 0 Å². The van der Waals surface area contributed by atoms with Gasteiger partial charge in [-0.1, -0.05) is 6.07 Å². The summed E-state index contributed by atoms with van der Waals surface area (Å²) in [5.41, 5.74) is 0. The van der Waals surface area contributed by atoms with E-state index in [4.69, 9.17) is 0 Å². The molecule has 0 saturated carbocycles. The van der Waals surface area contributed by atoms with E-state index in [0.717, 1.165) is 0 Å². The quantitative estimate of drug-likeness (QED) is 0.854. The first kappa shape index (κ1) is 15.3. The zero-order valence-electron chi connectivity index (χ0n) is 10.6. The molecule has 102 valence electrons. The van der Waals surface area contributed by atoms with Crippen LogP contribution in [-0.2, 0) is 20.6 Å². The van der Waals surface area contributed by atoms with Gasteiger partial charge in [0.15, 0.2) is 9.84 Å². The number of sulfone groups is 1. The highest BCUT2D eigenvalue weighted by Gasteiger charge is 2.29. The summed E-state index contributed by atoms with van der Waals surface area (Å²) in [6.07, 6.45) is 0. The highest BCUT2D eigenvalue weighted by Crippen LogP contribution is 2.17. The van der Waals surface area contributed by atoms with Crippen LogP contribution in [0.15, 0.2) is 29.2 Å². The summed E-state index contributed by atoms with van der Waals surface area (Å²) in [5, 5.41) is 0. The summed E-state index contributed by atoms with van der Waals surface area (Å²) in [7, 11) is -4.79. The predicted octanol–water partition coefficient (Wildman–Crippen LogP) is 2.15. The van der Waals surface area contributed by atoms with Gasteiger partial charge in [0, 0.05) is 10.6 Å². The molecule has 0 amide bonds. The highest BCUT2D eigenvalue weighted by molar-refractivity contribution is 7.94. The minimum absolute atomic E-state index is 0.0109. The van der Waals surface area contributed by atoms with Crippen LogP contribution >= 0.6 is 0 Å². The lowest BCUT2D eigenvalue weighted by Crippen LogP contribution is -2.32. The van der Waals surface area contributed by atoms with Gasteiger partial charge in [0.25, 0.3) is 0 Å². The fraction of sp³-hybridized carbons (Fsp3) is 0.500. The average Bonchev–Trinajstić information content (AvgIpc) is 2.24. The van der Waals surface area contributed by atoms with E-state index in [1.54, 1.807) is 20.8 Å². The molecule has 0 aliphatic rings. The molecule has 0 aliphatic heterocycles. The summed E-state index contributed by atoms with van der Waals surface area (Å²) in [6, 6.07) is 5.41. The van der Waals surface area contributed by atoms with Crippen molar-refractivity contribution in [1.82, 2.24) is 0 Å². The minimum Gasteiger partial charge on any atom is -0.254 e. The Morgan fingerprint density at radius 1 is 1.28 bits per heavy atom. The number of hydrogen-bond donors (Lipinski definition) is 0. The number of hydrogen-bond acceptors (Lipinski definition) is 3. The van der Waals surface area contributed by atoms with Gasteiger partial charge in [0.2, 0.25) is 0 Å². The summed E-state index contributed by atoms with van der Waals surface area (Å²) in [6.45, 7) is 4.81. The highest BCUT2D eigenvalue weighted by atomic mass is 32.2. The van der Waals surface area contributed by atoms with E-state index in [1.807, 2.05) is 0 Å². The Hall–Kier alpha value is -0.750. The van der Waals surface area contributed by atoms with Crippen molar-refractivity contribution in [3.8, 4) is 0 Å². The maximum absolute atomic E-state index is 12.9. The van der Waals surface area contributed by atoms with Gasteiger partial charge in [-0.2, -0.15) is 0 Å². The van der Waals surface area contributed by atoms with E-state index in [-0.39, 0.29) is 11.5 Å². The van der Waals surface area contributed by atoms with Crippen LogP contribution < -0.4 is 0 Å². The van der Waals surface area contributed by atoms with Gasteiger partial charge in [0.1, 0.15) is 5.82 Å². The lowest BCUT2D eigenvalue weighted by atomic mass is 10.3. The van der Waals surface area contributed by atoms with Crippen molar-refractivity contribution >= 4 is 20.6 Å². The van der Waals surface area contributed by atoms with E-state index in [1.165, 1.54) is 24.3 Å². The van der Waals surface area contributed by atoms with Crippen molar-refractivity contribution in [3.05, 3.63) is 30.1 Å². The molecule has 3 nitrogen and oxygen atoms in total. The first-order valence-corrected chi connectivity index (χ1v) is 8.47. The van der Waals surface area contributed by atoms with E-state index < -0.39 is 31.2 Å². The van der Waals surface area contributed by atoms with Gasteiger partial charge in [-0.25, -0.2) is 12.8 Å². The predicted molar refractivity (Wildman–Crippen MR) is 71.2 cm³/mol. The first-order valence-electron chi connectivity index (χ1n) is 5.50. The Kier molecular flexibility index (Phi) is 4.66. The molecule has 1 rings (SSSR count). The molecule has 0 radical (unpaired) electrons. The Labute approximate surface area is 110 Å². The minimum atomic E-state index is -3.30. The zero-order valence-corrected chi connectivity index (χ0v) is 12.3. The van der Waals surface area contributed by atoms with Crippen molar-refractivity contribution in [2.24, 2.45) is 0 Å². The molecule has 1 aromatic carbocycles. The number of benzene rings is 1. The van der Waals surface area contributed by atoms with Crippen LogP contribution in [0.3, 0.4) is 0 Å². The topological polar surface area (TPSA) is 51.2 Å². The molecule has 0 bridgehead atoms. The number of halogens is 1. The third kappa shape index (κ3) is 3.88. The largest absolute Gasteiger partial charge is 0.254 e. The summed E-state index contributed by atoms with van der Waals surface area (Å²) >= 11 is 0. The van der Waals surface area contributed by atoms with Crippen LogP contribution in [-0.4, -0.2) is 28.9 Å². The van der Waals surface area contributed by atoms with Crippen LogP contribution in [0.4, 0.5) is 4.39 Å². The average molecular weight is 292 g/mol.